The van der Waals surface area contributed by atoms with Crippen LogP contribution in [-0.4, -0.2) is 39.0 Å². The largest absolute Gasteiger partial charge is 0.497 e. The first-order chi connectivity index (χ1) is 13.7. The first kappa shape index (κ1) is 18.3. The molecule has 0 bridgehead atoms. The third-order valence-electron chi connectivity index (χ3n) is 5.34. The Hall–Kier alpha value is -3.09. The molecule has 0 saturated heterocycles. The monoisotopic (exact) mass is 380 g/mol. The lowest BCUT2D eigenvalue weighted by atomic mass is 9.95. The Balaban J connectivity index is 1.68. The zero-order chi connectivity index (χ0) is 19.5. The fraction of sp³-hybridized carbons (Fsp3) is 0.381. The van der Waals surface area contributed by atoms with Gasteiger partial charge in [0.25, 0.3) is 0 Å². The van der Waals surface area contributed by atoms with E-state index in [9.17, 15) is 9.90 Å². The maximum Gasteiger partial charge on any atom is 0.339 e. The normalized spacial score (nSPS) is 14.9. The number of ether oxygens (including phenoxy) is 1. The average molecular weight is 380 g/mol. The molecule has 2 heterocycles. The zero-order valence-electron chi connectivity index (χ0n) is 15.9. The van der Waals surface area contributed by atoms with Gasteiger partial charge in [-0.25, -0.2) is 14.5 Å². The Morgan fingerprint density at radius 1 is 1.21 bits per heavy atom. The van der Waals surface area contributed by atoms with Crippen LogP contribution in [0.25, 0.3) is 11.0 Å². The summed E-state index contributed by atoms with van der Waals surface area (Å²) in [6.07, 6.45) is 8.85. The van der Waals surface area contributed by atoms with E-state index in [0.717, 1.165) is 29.5 Å². The summed E-state index contributed by atoms with van der Waals surface area (Å²) in [6, 6.07) is 8.08. The van der Waals surface area contributed by atoms with Gasteiger partial charge in [0.05, 0.1) is 30.9 Å². The number of hydrogen-bond acceptors (Lipinski definition) is 5. The van der Waals surface area contributed by atoms with E-state index in [1.165, 1.54) is 25.5 Å². The van der Waals surface area contributed by atoms with Crippen LogP contribution in [0.5, 0.6) is 5.75 Å². The topological polar surface area (TPSA) is 89.3 Å². The van der Waals surface area contributed by atoms with E-state index in [-0.39, 0.29) is 5.56 Å². The fourth-order valence-corrected chi connectivity index (χ4v) is 3.82. The Bertz CT molecular complexity index is 975. The van der Waals surface area contributed by atoms with Gasteiger partial charge in [0.15, 0.2) is 5.65 Å². The first-order valence-electron chi connectivity index (χ1n) is 9.63. The van der Waals surface area contributed by atoms with Crippen LogP contribution in [0, 0.1) is 0 Å². The van der Waals surface area contributed by atoms with E-state index in [4.69, 9.17) is 4.74 Å². The molecule has 146 valence electrons. The predicted octanol–water partition coefficient (Wildman–Crippen LogP) is 3.93. The van der Waals surface area contributed by atoms with Crippen molar-refractivity contribution < 1.29 is 14.6 Å². The van der Waals surface area contributed by atoms with Crippen LogP contribution in [0.2, 0.25) is 0 Å². The molecule has 28 heavy (non-hydrogen) atoms. The number of rotatable bonds is 6. The molecule has 0 amide bonds. The number of pyridine rings is 1. The average Bonchev–Trinajstić information content (AvgIpc) is 3.12. The highest BCUT2D eigenvalue weighted by Crippen LogP contribution is 2.30. The number of aromatic carboxylic acids is 1. The lowest BCUT2D eigenvalue weighted by molar-refractivity contribution is 0.0697. The van der Waals surface area contributed by atoms with Crippen LogP contribution in [0.15, 0.2) is 36.7 Å². The van der Waals surface area contributed by atoms with Gasteiger partial charge in [0.1, 0.15) is 11.3 Å². The molecule has 1 aliphatic rings. The summed E-state index contributed by atoms with van der Waals surface area (Å²) in [5.74, 6) is -0.173. The minimum Gasteiger partial charge on any atom is -0.497 e. The molecule has 2 N–H and O–H groups in total. The molecular weight excluding hydrogens is 356 g/mol. The SMILES string of the molecule is COc1ccc(Cn2ncc3c(NC4CCCCC4)c(C(=O)O)cnc32)cc1. The van der Waals surface area contributed by atoms with E-state index in [2.05, 4.69) is 15.4 Å². The number of carboxylic acids is 1. The highest BCUT2D eigenvalue weighted by molar-refractivity contribution is 6.03. The van der Waals surface area contributed by atoms with Crippen LogP contribution in [0.3, 0.4) is 0 Å². The van der Waals surface area contributed by atoms with E-state index in [0.29, 0.717) is 23.9 Å². The van der Waals surface area contributed by atoms with E-state index in [1.807, 2.05) is 24.3 Å². The van der Waals surface area contributed by atoms with Crippen molar-refractivity contribution in [2.24, 2.45) is 0 Å². The molecule has 1 saturated carbocycles. The van der Waals surface area contributed by atoms with E-state index >= 15 is 0 Å². The molecular formula is C21H24N4O3. The van der Waals surface area contributed by atoms with Gasteiger partial charge in [-0.05, 0) is 30.5 Å². The van der Waals surface area contributed by atoms with Crippen LogP contribution in [0.4, 0.5) is 5.69 Å². The number of nitrogens with one attached hydrogen (secondary N) is 1. The Labute approximate surface area is 163 Å². The van der Waals surface area contributed by atoms with Gasteiger partial charge in [-0.1, -0.05) is 31.4 Å². The summed E-state index contributed by atoms with van der Waals surface area (Å²) in [4.78, 5) is 16.1. The van der Waals surface area contributed by atoms with Crippen molar-refractivity contribution in [2.75, 3.05) is 12.4 Å². The minimum atomic E-state index is -0.976. The van der Waals surface area contributed by atoms with Gasteiger partial charge < -0.3 is 15.2 Å². The van der Waals surface area contributed by atoms with Crippen LogP contribution in [0.1, 0.15) is 48.0 Å². The number of carbonyl (C=O) groups is 1. The molecule has 0 unspecified atom stereocenters. The van der Waals surface area contributed by atoms with Gasteiger partial charge in [-0.15, -0.1) is 0 Å². The van der Waals surface area contributed by atoms with Gasteiger partial charge in [-0.2, -0.15) is 5.10 Å². The van der Waals surface area contributed by atoms with E-state index < -0.39 is 5.97 Å². The van der Waals surface area contributed by atoms with Crippen molar-refractivity contribution in [3.63, 3.8) is 0 Å². The molecule has 7 nitrogen and oxygen atoms in total. The summed E-state index contributed by atoms with van der Waals surface area (Å²) >= 11 is 0. The molecule has 2 aromatic heterocycles. The number of aromatic nitrogens is 3. The van der Waals surface area contributed by atoms with E-state index in [1.54, 1.807) is 18.0 Å². The molecule has 1 aliphatic carbocycles. The molecule has 1 fully saturated rings. The quantitative estimate of drug-likeness (QED) is 0.673. The molecule has 0 spiro atoms. The maximum absolute atomic E-state index is 11.7. The van der Waals surface area contributed by atoms with Crippen molar-refractivity contribution in [2.45, 2.75) is 44.7 Å². The van der Waals surface area contributed by atoms with Crippen molar-refractivity contribution in [3.05, 3.63) is 47.8 Å². The van der Waals surface area contributed by atoms with Gasteiger partial charge in [0, 0.05) is 12.2 Å². The maximum atomic E-state index is 11.7. The number of benzene rings is 1. The minimum absolute atomic E-state index is 0.196. The highest BCUT2D eigenvalue weighted by atomic mass is 16.5. The number of nitrogens with zero attached hydrogens (tertiary/aromatic N) is 3. The van der Waals surface area contributed by atoms with Crippen LogP contribution < -0.4 is 10.1 Å². The van der Waals surface area contributed by atoms with Crippen LogP contribution >= 0.6 is 0 Å². The molecule has 7 heteroatoms. The van der Waals surface area contributed by atoms with Crippen molar-refractivity contribution in [3.8, 4) is 5.75 Å². The Morgan fingerprint density at radius 3 is 2.64 bits per heavy atom. The third kappa shape index (κ3) is 3.65. The van der Waals surface area contributed by atoms with Crippen molar-refractivity contribution in [1.82, 2.24) is 14.8 Å². The summed E-state index contributed by atoms with van der Waals surface area (Å²) in [7, 11) is 1.64. The number of carboxylic acid groups (broad SMARTS) is 1. The molecule has 4 rings (SSSR count). The Morgan fingerprint density at radius 2 is 1.96 bits per heavy atom. The summed E-state index contributed by atoms with van der Waals surface area (Å²) in [5, 5.41) is 18.3. The lowest BCUT2D eigenvalue weighted by Crippen LogP contribution is -2.23. The third-order valence-corrected chi connectivity index (χ3v) is 5.34. The summed E-state index contributed by atoms with van der Waals surface area (Å²) < 4.78 is 7.00. The molecule has 0 atom stereocenters. The molecule has 0 aliphatic heterocycles. The predicted molar refractivity (Wildman–Crippen MR) is 107 cm³/mol. The number of methoxy groups -OCH3 is 1. The van der Waals surface area contributed by atoms with Crippen molar-refractivity contribution in [1.29, 1.82) is 0 Å². The van der Waals surface area contributed by atoms with Crippen LogP contribution in [-0.2, 0) is 6.54 Å². The number of anilines is 1. The number of fused-ring (bicyclic) bond motifs is 1. The van der Waals surface area contributed by atoms with Crippen molar-refractivity contribution >= 4 is 22.7 Å². The summed E-state index contributed by atoms with van der Waals surface area (Å²) in [5.41, 5.74) is 2.57. The summed E-state index contributed by atoms with van der Waals surface area (Å²) in [6.45, 7) is 0.551. The zero-order valence-corrected chi connectivity index (χ0v) is 15.9. The first-order valence-corrected chi connectivity index (χ1v) is 9.63. The number of hydrogen-bond donors (Lipinski definition) is 2. The fourth-order valence-electron chi connectivity index (χ4n) is 3.82. The molecule has 3 aromatic rings. The second kappa shape index (κ2) is 7.88. The second-order valence-corrected chi connectivity index (χ2v) is 7.22. The van der Waals surface area contributed by atoms with Gasteiger partial charge >= 0.3 is 5.97 Å². The smallest absolute Gasteiger partial charge is 0.339 e. The second-order valence-electron chi connectivity index (χ2n) is 7.22. The Kier molecular flexibility index (Phi) is 5.14. The molecule has 0 radical (unpaired) electrons. The van der Waals surface area contributed by atoms with Gasteiger partial charge in [0.2, 0.25) is 0 Å². The van der Waals surface area contributed by atoms with Gasteiger partial charge in [-0.3, -0.25) is 0 Å². The highest BCUT2D eigenvalue weighted by Gasteiger charge is 2.21. The lowest BCUT2D eigenvalue weighted by Gasteiger charge is -2.24. The molecule has 1 aromatic carbocycles. The standard InChI is InChI=1S/C21H24N4O3/c1-28-16-9-7-14(8-10-16)13-25-20-17(12-23-25)19(18(11-22-20)21(26)27)24-15-5-3-2-4-6-15/h7-12,15H,2-6,13H2,1H3,(H,22,24)(H,26,27).